The van der Waals surface area contributed by atoms with E-state index in [4.69, 9.17) is 0 Å². The molecule has 0 spiro atoms. The number of anilines is 1. The van der Waals surface area contributed by atoms with Crippen molar-refractivity contribution in [1.29, 1.82) is 0 Å². The molecule has 0 saturated carbocycles. The molecule has 2 aliphatic rings. The Kier molecular flexibility index (Phi) is 4.96. The van der Waals surface area contributed by atoms with Gasteiger partial charge in [0.1, 0.15) is 11.6 Å². The summed E-state index contributed by atoms with van der Waals surface area (Å²) in [5.41, 5.74) is 3.23. The number of rotatable bonds is 3. The zero-order chi connectivity index (χ0) is 22.4. The van der Waals surface area contributed by atoms with Crippen molar-refractivity contribution in [2.24, 2.45) is 0 Å². The van der Waals surface area contributed by atoms with E-state index in [-0.39, 0.29) is 22.8 Å². The van der Waals surface area contributed by atoms with Crippen molar-refractivity contribution in [3.05, 3.63) is 70.8 Å². The Labute approximate surface area is 184 Å². The minimum Gasteiger partial charge on any atom is -0.507 e. The number of aromatic hydroxyl groups is 1. The summed E-state index contributed by atoms with van der Waals surface area (Å²) in [5, 5.41) is 11.3. The lowest BCUT2D eigenvalue weighted by Gasteiger charge is -2.36. The number of piperazine rings is 1. The van der Waals surface area contributed by atoms with E-state index < -0.39 is 5.82 Å². The number of halogens is 1. The Hall–Kier alpha value is -3.61. The van der Waals surface area contributed by atoms with E-state index in [1.54, 1.807) is 15.5 Å². The van der Waals surface area contributed by atoms with Crippen molar-refractivity contribution in [3.8, 4) is 16.9 Å². The lowest BCUT2D eigenvalue weighted by Crippen LogP contribution is -2.48. The van der Waals surface area contributed by atoms with Crippen LogP contribution in [-0.4, -0.2) is 46.7 Å². The van der Waals surface area contributed by atoms with Gasteiger partial charge in [0, 0.05) is 44.2 Å². The molecule has 0 unspecified atom stereocenters. The molecule has 5 rings (SSSR count). The first-order chi connectivity index (χ1) is 15.5. The maximum atomic E-state index is 14.7. The quantitative estimate of drug-likeness (QED) is 0.644. The molecule has 1 fully saturated rings. The second-order valence-electron chi connectivity index (χ2n) is 8.26. The minimum absolute atomic E-state index is 0.0871. The van der Waals surface area contributed by atoms with E-state index in [1.807, 2.05) is 12.1 Å². The third-order valence-electron chi connectivity index (χ3n) is 6.53. The number of aryl methyl sites for hydroxylation is 2. The molecule has 1 aromatic heterocycles. The number of pyridine rings is 1. The molecule has 0 radical (unpaired) electrons. The van der Waals surface area contributed by atoms with Crippen molar-refractivity contribution in [2.45, 2.75) is 19.4 Å². The molecule has 2 aliphatic heterocycles. The summed E-state index contributed by atoms with van der Waals surface area (Å²) in [5.74, 6) is -0.686. The number of amides is 1. The maximum absolute atomic E-state index is 14.7. The Morgan fingerprint density at radius 2 is 1.88 bits per heavy atom. The van der Waals surface area contributed by atoms with Gasteiger partial charge in [0.15, 0.2) is 0 Å². The van der Waals surface area contributed by atoms with Gasteiger partial charge in [-0.1, -0.05) is 24.8 Å². The predicted octanol–water partition coefficient (Wildman–Crippen LogP) is 3.29. The van der Waals surface area contributed by atoms with Crippen LogP contribution in [0.3, 0.4) is 0 Å². The maximum Gasteiger partial charge on any atom is 0.253 e. The summed E-state index contributed by atoms with van der Waals surface area (Å²) in [4.78, 5) is 28.9. The van der Waals surface area contributed by atoms with Gasteiger partial charge < -0.3 is 19.5 Å². The number of hydrogen-bond donors (Lipinski definition) is 1. The van der Waals surface area contributed by atoms with Crippen LogP contribution in [0.4, 0.5) is 10.1 Å². The van der Waals surface area contributed by atoms with Gasteiger partial charge in [0.25, 0.3) is 5.56 Å². The van der Waals surface area contributed by atoms with Crippen molar-refractivity contribution < 1.29 is 14.3 Å². The Morgan fingerprint density at radius 3 is 2.59 bits per heavy atom. The zero-order valence-corrected chi connectivity index (χ0v) is 17.7. The van der Waals surface area contributed by atoms with Crippen LogP contribution in [0, 0.1) is 5.82 Å². The molecule has 1 N–H and O–H groups in total. The molecule has 1 amide bonds. The normalized spacial score (nSPS) is 15.8. The van der Waals surface area contributed by atoms with Crippen LogP contribution in [0.25, 0.3) is 22.0 Å². The number of nitrogens with zero attached hydrogens (tertiary/aromatic N) is 3. The highest BCUT2D eigenvalue weighted by atomic mass is 19.1. The smallest absolute Gasteiger partial charge is 0.253 e. The average molecular weight is 433 g/mol. The van der Waals surface area contributed by atoms with Gasteiger partial charge in [0.2, 0.25) is 5.91 Å². The van der Waals surface area contributed by atoms with Crippen molar-refractivity contribution in [1.82, 2.24) is 9.47 Å². The van der Waals surface area contributed by atoms with Crippen molar-refractivity contribution in [2.75, 3.05) is 31.1 Å². The molecule has 1 saturated heterocycles. The minimum atomic E-state index is -0.487. The van der Waals surface area contributed by atoms with Gasteiger partial charge in [-0.2, -0.15) is 0 Å². The molecule has 2 aromatic carbocycles. The van der Waals surface area contributed by atoms with Crippen LogP contribution >= 0.6 is 0 Å². The average Bonchev–Trinajstić information content (AvgIpc) is 2.81. The number of benzene rings is 2. The van der Waals surface area contributed by atoms with Gasteiger partial charge in [-0.25, -0.2) is 4.39 Å². The first kappa shape index (κ1) is 20.3. The van der Waals surface area contributed by atoms with E-state index in [9.17, 15) is 19.1 Å². The Morgan fingerprint density at radius 1 is 1.09 bits per heavy atom. The second kappa shape index (κ2) is 7.82. The summed E-state index contributed by atoms with van der Waals surface area (Å²) >= 11 is 0. The first-order valence-corrected chi connectivity index (χ1v) is 10.8. The molecule has 32 heavy (non-hydrogen) atoms. The van der Waals surface area contributed by atoms with Crippen LogP contribution < -0.4 is 10.5 Å². The van der Waals surface area contributed by atoms with E-state index in [0.717, 1.165) is 28.6 Å². The molecule has 3 heterocycles. The molecular weight excluding hydrogens is 409 g/mol. The number of aromatic nitrogens is 1. The van der Waals surface area contributed by atoms with E-state index in [0.29, 0.717) is 44.7 Å². The highest BCUT2D eigenvalue weighted by Gasteiger charge is 2.26. The standard InChI is InChI=1S/C25H24FN3O3/c1-2-22(31)28-13-11-27(12-14-28)20-15-23(32)29-10-4-5-17-16(8-9-18(20)25(17)29)24-19(26)6-3-7-21(24)30/h2-3,6-9,15,30H,1,4-5,10-14H2. The molecule has 6 nitrogen and oxygen atoms in total. The van der Waals surface area contributed by atoms with Gasteiger partial charge in [-0.15, -0.1) is 0 Å². The topological polar surface area (TPSA) is 65.8 Å². The predicted molar refractivity (Wildman–Crippen MR) is 123 cm³/mol. The van der Waals surface area contributed by atoms with Crippen LogP contribution in [0.15, 0.2) is 53.8 Å². The van der Waals surface area contributed by atoms with E-state index >= 15 is 0 Å². The monoisotopic (exact) mass is 433 g/mol. The zero-order valence-electron chi connectivity index (χ0n) is 17.7. The summed E-state index contributed by atoms with van der Waals surface area (Å²) in [7, 11) is 0. The summed E-state index contributed by atoms with van der Waals surface area (Å²) in [6.07, 6.45) is 2.80. The summed E-state index contributed by atoms with van der Waals surface area (Å²) < 4.78 is 16.4. The first-order valence-electron chi connectivity index (χ1n) is 10.8. The van der Waals surface area contributed by atoms with Crippen LogP contribution in [0.2, 0.25) is 0 Å². The molecule has 0 aliphatic carbocycles. The number of phenols is 1. The molecular formula is C25H24FN3O3. The van der Waals surface area contributed by atoms with Gasteiger partial charge >= 0.3 is 0 Å². The molecule has 0 atom stereocenters. The summed E-state index contributed by atoms with van der Waals surface area (Å²) in [6.45, 7) is 6.51. The number of carbonyl (C=O) groups is 1. The number of carbonyl (C=O) groups excluding carboxylic acids is 1. The van der Waals surface area contributed by atoms with E-state index in [2.05, 4.69) is 11.5 Å². The summed E-state index contributed by atoms with van der Waals surface area (Å²) in [6, 6.07) is 9.72. The van der Waals surface area contributed by atoms with Crippen molar-refractivity contribution >= 4 is 22.5 Å². The third-order valence-corrected chi connectivity index (χ3v) is 6.53. The second-order valence-corrected chi connectivity index (χ2v) is 8.26. The fraction of sp³-hybridized carbons (Fsp3) is 0.280. The lowest BCUT2D eigenvalue weighted by molar-refractivity contribution is -0.126. The van der Waals surface area contributed by atoms with Crippen LogP contribution in [0.1, 0.15) is 12.0 Å². The fourth-order valence-electron chi connectivity index (χ4n) is 5.00. The molecule has 3 aromatic rings. The molecule has 164 valence electrons. The van der Waals surface area contributed by atoms with Gasteiger partial charge in [-0.05, 0) is 42.2 Å². The fourth-order valence-corrected chi connectivity index (χ4v) is 5.00. The lowest BCUT2D eigenvalue weighted by atomic mass is 9.90. The van der Waals surface area contributed by atoms with Crippen molar-refractivity contribution in [3.63, 3.8) is 0 Å². The largest absolute Gasteiger partial charge is 0.507 e. The number of phenolic OH excluding ortho intramolecular Hbond substituents is 1. The van der Waals surface area contributed by atoms with Crippen LogP contribution in [-0.2, 0) is 17.8 Å². The van der Waals surface area contributed by atoms with Crippen LogP contribution in [0.5, 0.6) is 5.75 Å². The number of hydrogen-bond acceptors (Lipinski definition) is 4. The highest BCUT2D eigenvalue weighted by molar-refractivity contribution is 5.98. The molecule has 7 heteroatoms. The SMILES string of the molecule is C=CC(=O)N1CCN(c2cc(=O)n3c4c(c(-c5c(O)cccc5F)ccc24)CCC3)CC1. The van der Waals surface area contributed by atoms with Gasteiger partial charge in [-0.3, -0.25) is 9.59 Å². The third kappa shape index (κ3) is 3.16. The van der Waals surface area contributed by atoms with E-state index in [1.165, 1.54) is 24.3 Å². The highest BCUT2D eigenvalue weighted by Crippen LogP contribution is 2.40. The Bertz CT molecular complexity index is 1290. The molecule has 0 bridgehead atoms. The van der Waals surface area contributed by atoms with Gasteiger partial charge in [0.05, 0.1) is 16.8 Å². The Balaban J connectivity index is 1.66.